The summed E-state index contributed by atoms with van der Waals surface area (Å²) in [5, 5.41) is 9.51. The lowest BCUT2D eigenvalue weighted by Gasteiger charge is -2.38. The molecule has 2 amide bonds. The summed E-state index contributed by atoms with van der Waals surface area (Å²) in [6, 6.07) is 3.28. The highest BCUT2D eigenvalue weighted by atomic mass is 35.5. The molecule has 0 aromatic carbocycles. The summed E-state index contributed by atoms with van der Waals surface area (Å²) >= 11 is 8.10. The Kier molecular flexibility index (Phi) is 7.45. The molecular weight excluding hydrogens is 476 g/mol. The van der Waals surface area contributed by atoms with Crippen molar-refractivity contribution in [2.24, 2.45) is 0 Å². The fourth-order valence-electron chi connectivity index (χ4n) is 4.66. The van der Waals surface area contributed by atoms with Crippen molar-refractivity contribution in [2.75, 3.05) is 55.8 Å². The Morgan fingerprint density at radius 3 is 2.56 bits per heavy atom. The van der Waals surface area contributed by atoms with Crippen molar-refractivity contribution < 1.29 is 14.3 Å². The van der Waals surface area contributed by atoms with E-state index >= 15 is 0 Å². The molecule has 3 saturated heterocycles. The van der Waals surface area contributed by atoms with Gasteiger partial charge in [0.05, 0.1) is 16.5 Å². The molecule has 0 aliphatic carbocycles. The molecule has 9 nitrogen and oxygen atoms in total. The highest BCUT2D eigenvalue weighted by molar-refractivity contribution is 7.99. The van der Waals surface area contributed by atoms with Crippen molar-refractivity contribution in [3.05, 3.63) is 22.8 Å². The molecule has 0 spiro atoms. The number of rotatable bonds is 3. The van der Waals surface area contributed by atoms with Crippen LogP contribution in [0, 0.1) is 11.3 Å². The van der Waals surface area contributed by atoms with Crippen molar-refractivity contribution in [1.82, 2.24) is 19.7 Å². The third-order valence-corrected chi connectivity index (χ3v) is 7.58. The monoisotopic (exact) mass is 506 g/mol. The van der Waals surface area contributed by atoms with Crippen LogP contribution < -0.4 is 4.90 Å². The second-order valence-corrected chi connectivity index (χ2v) is 11.3. The highest BCUT2D eigenvalue weighted by Crippen LogP contribution is 2.30. The van der Waals surface area contributed by atoms with Crippen LogP contribution in [-0.4, -0.2) is 100 Å². The first-order chi connectivity index (χ1) is 16.2. The second kappa shape index (κ2) is 10.2. The number of pyridine rings is 1. The van der Waals surface area contributed by atoms with E-state index < -0.39 is 17.7 Å². The second-order valence-electron chi connectivity index (χ2n) is 9.84. The quantitative estimate of drug-likeness (QED) is 0.617. The van der Waals surface area contributed by atoms with Gasteiger partial charge in [-0.25, -0.2) is 9.78 Å². The number of likely N-dealkylation sites (tertiary alicyclic amines) is 1. The van der Waals surface area contributed by atoms with E-state index in [-0.39, 0.29) is 11.9 Å². The van der Waals surface area contributed by atoms with Gasteiger partial charge in [-0.2, -0.15) is 5.26 Å². The largest absolute Gasteiger partial charge is 0.444 e. The van der Waals surface area contributed by atoms with E-state index in [0.29, 0.717) is 35.2 Å². The minimum absolute atomic E-state index is 0.0190. The van der Waals surface area contributed by atoms with Crippen LogP contribution in [0.15, 0.2) is 12.3 Å². The molecule has 0 saturated carbocycles. The third kappa shape index (κ3) is 5.53. The summed E-state index contributed by atoms with van der Waals surface area (Å²) in [6.45, 7) is 9.71. The standard InChI is InChI=1S/C23H31ClN6O3S/c1-23(2,3)33-22(32)30-14-17(11-19(30)21(31)29-8-9-34-15-29)27-4-6-28(7-5-27)20-18(24)10-16(12-25)13-26-20/h10,13,17,19H,4-9,11,14-15H2,1-3H3/t17-,19-/m0/s1. The van der Waals surface area contributed by atoms with Gasteiger partial charge >= 0.3 is 6.09 Å². The zero-order valence-corrected chi connectivity index (χ0v) is 21.4. The molecule has 4 rings (SSSR count). The molecule has 0 unspecified atom stereocenters. The highest BCUT2D eigenvalue weighted by Gasteiger charge is 2.45. The van der Waals surface area contributed by atoms with Gasteiger partial charge < -0.3 is 14.5 Å². The predicted octanol–water partition coefficient (Wildman–Crippen LogP) is 2.64. The molecule has 34 heavy (non-hydrogen) atoms. The molecule has 2 atom stereocenters. The van der Waals surface area contributed by atoms with E-state index in [2.05, 4.69) is 20.9 Å². The van der Waals surface area contributed by atoms with Gasteiger partial charge in [-0.05, 0) is 33.3 Å². The lowest BCUT2D eigenvalue weighted by molar-refractivity contribution is -0.134. The molecular formula is C23H31ClN6O3S. The van der Waals surface area contributed by atoms with Gasteiger partial charge in [-0.15, -0.1) is 11.8 Å². The van der Waals surface area contributed by atoms with E-state index in [1.54, 1.807) is 22.7 Å². The average Bonchev–Trinajstić information content (AvgIpc) is 3.48. The Hall–Kier alpha value is -2.22. The molecule has 3 fully saturated rings. The Balaban J connectivity index is 1.43. The topological polar surface area (TPSA) is 93.0 Å². The fourth-order valence-corrected chi connectivity index (χ4v) is 5.90. The number of ether oxygens (including phenoxy) is 1. The number of nitriles is 1. The Morgan fingerprint density at radius 2 is 1.97 bits per heavy atom. The van der Waals surface area contributed by atoms with Gasteiger partial charge in [0.15, 0.2) is 0 Å². The molecule has 11 heteroatoms. The molecule has 4 heterocycles. The maximum atomic E-state index is 13.3. The molecule has 0 radical (unpaired) electrons. The number of thioether (sulfide) groups is 1. The third-order valence-electron chi connectivity index (χ3n) is 6.34. The maximum Gasteiger partial charge on any atom is 0.411 e. The summed E-state index contributed by atoms with van der Waals surface area (Å²) < 4.78 is 5.65. The van der Waals surface area contributed by atoms with Crippen LogP contribution >= 0.6 is 23.4 Å². The van der Waals surface area contributed by atoms with E-state index in [4.69, 9.17) is 21.6 Å². The zero-order chi connectivity index (χ0) is 24.5. The van der Waals surface area contributed by atoms with E-state index in [9.17, 15) is 9.59 Å². The fraction of sp³-hybridized carbons (Fsp3) is 0.652. The number of amides is 2. The normalized spacial score (nSPS) is 23.8. The molecule has 3 aliphatic heterocycles. The van der Waals surface area contributed by atoms with Gasteiger partial charge in [0.2, 0.25) is 5.91 Å². The number of hydrogen-bond acceptors (Lipinski definition) is 8. The summed E-state index contributed by atoms with van der Waals surface area (Å²) in [7, 11) is 0. The molecule has 3 aliphatic rings. The number of carbonyl (C=O) groups excluding carboxylic acids is 2. The number of aromatic nitrogens is 1. The van der Waals surface area contributed by atoms with E-state index in [1.807, 2.05) is 25.7 Å². The van der Waals surface area contributed by atoms with Crippen molar-refractivity contribution in [3.63, 3.8) is 0 Å². The molecule has 0 bridgehead atoms. The summed E-state index contributed by atoms with van der Waals surface area (Å²) in [4.78, 5) is 38.6. The van der Waals surface area contributed by atoms with Crippen LogP contribution in [0.3, 0.4) is 0 Å². The minimum Gasteiger partial charge on any atom is -0.444 e. The first-order valence-corrected chi connectivity index (χ1v) is 13.1. The Labute approximate surface area is 209 Å². The number of carbonyl (C=O) groups is 2. The number of halogens is 1. The van der Waals surface area contributed by atoms with E-state index in [1.165, 1.54) is 6.20 Å². The van der Waals surface area contributed by atoms with Crippen LogP contribution in [0.4, 0.5) is 10.6 Å². The molecule has 0 N–H and O–H groups in total. The zero-order valence-electron chi connectivity index (χ0n) is 19.9. The summed E-state index contributed by atoms with van der Waals surface area (Å²) in [5.41, 5.74) is -0.182. The number of hydrogen-bond donors (Lipinski definition) is 0. The van der Waals surface area contributed by atoms with Gasteiger partial charge in [0, 0.05) is 57.3 Å². The first kappa shape index (κ1) is 24.9. The van der Waals surface area contributed by atoms with Gasteiger partial charge in [0.1, 0.15) is 23.5 Å². The van der Waals surface area contributed by atoms with Crippen LogP contribution in [0.2, 0.25) is 5.02 Å². The van der Waals surface area contributed by atoms with Crippen LogP contribution in [0.5, 0.6) is 0 Å². The average molecular weight is 507 g/mol. The van der Waals surface area contributed by atoms with Crippen molar-refractivity contribution in [1.29, 1.82) is 5.26 Å². The lowest BCUT2D eigenvalue weighted by atomic mass is 10.1. The van der Waals surface area contributed by atoms with Gasteiger partial charge in [-0.1, -0.05) is 11.6 Å². The number of anilines is 1. The van der Waals surface area contributed by atoms with Crippen LogP contribution in [0.1, 0.15) is 32.8 Å². The smallest absolute Gasteiger partial charge is 0.411 e. The minimum atomic E-state index is -0.620. The molecule has 1 aromatic heterocycles. The maximum absolute atomic E-state index is 13.3. The van der Waals surface area contributed by atoms with Crippen molar-refractivity contribution >= 4 is 41.2 Å². The van der Waals surface area contributed by atoms with Gasteiger partial charge in [0.25, 0.3) is 0 Å². The Bertz CT molecular complexity index is 966. The molecule has 1 aromatic rings. The van der Waals surface area contributed by atoms with Crippen molar-refractivity contribution in [2.45, 2.75) is 44.9 Å². The number of piperazine rings is 1. The Morgan fingerprint density at radius 1 is 1.24 bits per heavy atom. The SMILES string of the molecule is CC(C)(C)OC(=O)N1C[C@@H](N2CCN(c3ncc(C#N)cc3Cl)CC2)C[C@H]1C(=O)N1CCSC1. The lowest BCUT2D eigenvalue weighted by Crippen LogP contribution is -2.51. The summed E-state index contributed by atoms with van der Waals surface area (Å²) in [6.07, 6.45) is 1.72. The van der Waals surface area contributed by atoms with E-state index in [0.717, 1.165) is 38.5 Å². The molecule has 184 valence electrons. The van der Waals surface area contributed by atoms with Crippen LogP contribution in [-0.2, 0) is 9.53 Å². The van der Waals surface area contributed by atoms with Crippen LogP contribution in [0.25, 0.3) is 0 Å². The first-order valence-electron chi connectivity index (χ1n) is 11.6. The van der Waals surface area contributed by atoms with Gasteiger partial charge in [-0.3, -0.25) is 14.6 Å². The van der Waals surface area contributed by atoms with Crippen molar-refractivity contribution in [3.8, 4) is 6.07 Å². The predicted molar refractivity (Wildman–Crippen MR) is 132 cm³/mol. The number of nitrogens with zero attached hydrogens (tertiary/aromatic N) is 6. The summed E-state index contributed by atoms with van der Waals surface area (Å²) in [5.74, 6) is 2.31.